The van der Waals surface area contributed by atoms with Crippen LogP contribution in [0.3, 0.4) is 0 Å². The maximum Gasteiger partial charge on any atom is 0.251 e. The lowest BCUT2D eigenvalue weighted by Gasteiger charge is -2.01. The molecule has 5 heteroatoms. The molecule has 3 rings (SSSR count). The van der Waals surface area contributed by atoms with Gasteiger partial charge >= 0.3 is 0 Å². The first-order valence-electron chi connectivity index (χ1n) is 6.77. The molecule has 110 valence electrons. The molecular formula is C17H13FN2O2. The molecule has 1 aromatic heterocycles. The molecule has 4 nitrogen and oxygen atoms in total. The van der Waals surface area contributed by atoms with Crippen molar-refractivity contribution >= 4 is 5.91 Å². The van der Waals surface area contributed by atoms with Gasteiger partial charge in [-0.25, -0.2) is 4.39 Å². The molecule has 0 saturated heterocycles. The van der Waals surface area contributed by atoms with E-state index in [0.717, 1.165) is 5.56 Å². The van der Waals surface area contributed by atoms with Crippen LogP contribution in [0.15, 0.2) is 65.2 Å². The molecule has 22 heavy (non-hydrogen) atoms. The highest BCUT2D eigenvalue weighted by molar-refractivity contribution is 5.94. The van der Waals surface area contributed by atoms with Gasteiger partial charge in [0.2, 0.25) is 0 Å². The summed E-state index contributed by atoms with van der Waals surface area (Å²) in [5, 5.41) is 6.66. The molecule has 0 saturated carbocycles. The standard InChI is InChI=1S/C17H13FN2O2/c18-14-8-6-12(7-9-14)16-10-15(20-22-16)11-19-17(21)13-4-2-1-3-5-13/h1-10H,11H2,(H,19,21). The summed E-state index contributed by atoms with van der Waals surface area (Å²) >= 11 is 0. The SMILES string of the molecule is O=C(NCc1cc(-c2ccc(F)cc2)on1)c1ccccc1. The van der Waals surface area contributed by atoms with Crippen molar-refractivity contribution in [2.75, 3.05) is 0 Å². The lowest BCUT2D eigenvalue weighted by molar-refractivity contribution is 0.0950. The minimum Gasteiger partial charge on any atom is -0.356 e. The third-order valence-corrected chi connectivity index (χ3v) is 3.15. The summed E-state index contributed by atoms with van der Waals surface area (Å²) in [6.07, 6.45) is 0. The molecule has 0 aliphatic heterocycles. The van der Waals surface area contributed by atoms with E-state index < -0.39 is 0 Å². The van der Waals surface area contributed by atoms with Crippen molar-refractivity contribution in [1.29, 1.82) is 0 Å². The van der Waals surface area contributed by atoms with E-state index >= 15 is 0 Å². The Morgan fingerprint density at radius 1 is 1.09 bits per heavy atom. The number of rotatable bonds is 4. The molecule has 0 unspecified atom stereocenters. The predicted octanol–water partition coefficient (Wildman–Crippen LogP) is 3.41. The number of amides is 1. The van der Waals surface area contributed by atoms with Crippen LogP contribution in [0, 0.1) is 5.82 Å². The zero-order valence-electron chi connectivity index (χ0n) is 11.6. The van der Waals surface area contributed by atoms with Crippen molar-refractivity contribution in [1.82, 2.24) is 10.5 Å². The molecule has 0 atom stereocenters. The Morgan fingerprint density at radius 2 is 1.82 bits per heavy atom. The first kappa shape index (κ1) is 14.0. The van der Waals surface area contributed by atoms with Crippen LogP contribution >= 0.6 is 0 Å². The van der Waals surface area contributed by atoms with E-state index in [9.17, 15) is 9.18 Å². The van der Waals surface area contributed by atoms with E-state index in [4.69, 9.17) is 4.52 Å². The lowest BCUT2D eigenvalue weighted by atomic mass is 10.1. The highest BCUT2D eigenvalue weighted by atomic mass is 19.1. The molecular weight excluding hydrogens is 283 g/mol. The van der Waals surface area contributed by atoms with Gasteiger partial charge in [-0.05, 0) is 36.4 Å². The number of carbonyl (C=O) groups excluding carboxylic acids is 1. The number of aromatic nitrogens is 1. The average molecular weight is 296 g/mol. The van der Waals surface area contributed by atoms with Gasteiger partial charge in [-0.15, -0.1) is 0 Å². The first-order valence-corrected chi connectivity index (χ1v) is 6.77. The third-order valence-electron chi connectivity index (χ3n) is 3.15. The minimum atomic E-state index is -0.307. The fraction of sp³-hybridized carbons (Fsp3) is 0.0588. The van der Waals surface area contributed by atoms with Crippen LogP contribution in [0.2, 0.25) is 0 Å². The third kappa shape index (κ3) is 3.20. The van der Waals surface area contributed by atoms with E-state index in [1.165, 1.54) is 12.1 Å². The summed E-state index contributed by atoms with van der Waals surface area (Å²) in [5.74, 6) is 0.0505. The van der Waals surface area contributed by atoms with Gasteiger partial charge in [-0.1, -0.05) is 23.4 Å². The molecule has 1 amide bonds. The summed E-state index contributed by atoms with van der Waals surface area (Å²) in [4.78, 5) is 11.9. The molecule has 0 aliphatic rings. The van der Waals surface area contributed by atoms with Gasteiger partial charge in [0.25, 0.3) is 5.91 Å². The van der Waals surface area contributed by atoms with Crippen LogP contribution < -0.4 is 5.32 Å². The van der Waals surface area contributed by atoms with Gasteiger partial charge in [0.05, 0.1) is 6.54 Å². The zero-order chi connectivity index (χ0) is 15.4. The van der Waals surface area contributed by atoms with Crippen molar-refractivity contribution in [3.8, 4) is 11.3 Å². The van der Waals surface area contributed by atoms with Crippen molar-refractivity contribution in [3.63, 3.8) is 0 Å². The van der Waals surface area contributed by atoms with E-state index in [-0.39, 0.29) is 18.3 Å². The van der Waals surface area contributed by atoms with E-state index in [2.05, 4.69) is 10.5 Å². The maximum absolute atomic E-state index is 12.9. The Hall–Kier alpha value is -2.95. The monoisotopic (exact) mass is 296 g/mol. The Kier molecular flexibility index (Phi) is 3.96. The largest absolute Gasteiger partial charge is 0.356 e. The second kappa shape index (κ2) is 6.22. The summed E-state index contributed by atoms with van der Waals surface area (Å²) in [7, 11) is 0. The van der Waals surface area contributed by atoms with Crippen LogP contribution in [0.25, 0.3) is 11.3 Å². The van der Waals surface area contributed by atoms with Crippen molar-refractivity contribution in [2.45, 2.75) is 6.54 Å². The molecule has 0 aliphatic carbocycles. The number of benzene rings is 2. The van der Waals surface area contributed by atoms with Crippen LogP contribution in [-0.2, 0) is 6.54 Å². The van der Waals surface area contributed by atoms with Gasteiger partial charge in [0, 0.05) is 17.2 Å². The summed E-state index contributed by atoms with van der Waals surface area (Å²) in [6.45, 7) is 0.262. The second-order valence-corrected chi connectivity index (χ2v) is 4.74. The van der Waals surface area contributed by atoms with Gasteiger partial charge in [0.15, 0.2) is 5.76 Å². The van der Waals surface area contributed by atoms with Crippen LogP contribution in [0.1, 0.15) is 16.1 Å². The molecule has 0 radical (unpaired) electrons. The highest BCUT2D eigenvalue weighted by Gasteiger charge is 2.09. The highest BCUT2D eigenvalue weighted by Crippen LogP contribution is 2.20. The topological polar surface area (TPSA) is 55.1 Å². The van der Waals surface area contributed by atoms with Gasteiger partial charge in [-0.2, -0.15) is 0 Å². The Labute approximate surface area is 126 Å². The van der Waals surface area contributed by atoms with Crippen molar-refractivity contribution < 1.29 is 13.7 Å². The summed E-state index contributed by atoms with van der Waals surface area (Å²) in [6, 6.07) is 16.6. The van der Waals surface area contributed by atoms with Gasteiger partial charge in [-0.3, -0.25) is 4.79 Å². The second-order valence-electron chi connectivity index (χ2n) is 4.74. The van der Waals surface area contributed by atoms with Crippen LogP contribution in [0.4, 0.5) is 4.39 Å². The molecule has 1 N–H and O–H groups in total. The maximum atomic E-state index is 12.9. The summed E-state index contributed by atoms with van der Waals surface area (Å²) < 4.78 is 18.1. The number of halogens is 1. The fourth-order valence-corrected chi connectivity index (χ4v) is 2.01. The van der Waals surface area contributed by atoms with Crippen molar-refractivity contribution in [3.05, 3.63) is 77.7 Å². The van der Waals surface area contributed by atoms with E-state index in [0.29, 0.717) is 17.0 Å². The molecule has 0 spiro atoms. The predicted molar refractivity (Wildman–Crippen MR) is 79.5 cm³/mol. The molecule has 3 aromatic rings. The smallest absolute Gasteiger partial charge is 0.251 e. The van der Waals surface area contributed by atoms with Gasteiger partial charge in [0.1, 0.15) is 11.5 Å². The number of nitrogens with zero attached hydrogens (tertiary/aromatic N) is 1. The first-order chi connectivity index (χ1) is 10.7. The molecule has 0 bridgehead atoms. The fourth-order valence-electron chi connectivity index (χ4n) is 2.01. The van der Waals surface area contributed by atoms with Crippen LogP contribution in [-0.4, -0.2) is 11.1 Å². The van der Waals surface area contributed by atoms with E-state index in [1.54, 1.807) is 42.5 Å². The van der Waals surface area contributed by atoms with Crippen molar-refractivity contribution in [2.24, 2.45) is 0 Å². The Morgan fingerprint density at radius 3 is 2.55 bits per heavy atom. The lowest BCUT2D eigenvalue weighted by Crippen LogP contribution is -2.22. The number of nitrogens with one attached hydrogen (secondary N) is 1. The average Bonchev–Trinajstić information content (AvgIpc) is 3.03. The molecule has 0 fully saturated rings. The normalized spacial score (nSPS) is 10.4. The Bertz CT molecular complexity index is 767. The number of hydrogen-bond acceptors (Lipinski definition) is 3. The molecule has 2 aromatic carbocycles. The summed E-state index contributed by atoms with van der Waals surface area (Å²) in [5.41, 5.74) is 1.92. The molecule has 1 heterocycles. The Balaban J connectivity index is 1.65. The van der Waals surface area contributed by atoms with E-state index in [1.807, 2.05) is 6.07 Å². The quantitative estimate of drug-likeness (QED) is 0.802. The number of carbonyl (C=O) groups is 1. The minimum absolute atomic E-state index is 0.174. The van der Waals surface area contributed by atoms with Gasteiger partial charge < -0.3 is 9.84 Å². The zero-order valence-corrected chi connectivity index (χ0v) is 11.6. The van der Waals surface area contributed by atoms with Crippen LogP contribution in [0.5, 0.6) is 0 Å². The number of hydrogen-bond donors (Lipinski definition) is 1.